The Morgan fingerprint density at radius 1 is 1.14 bits per heavy atom. The number of para-hydroxylation sites is 1. The van der Waals surface area contributed by atoms with Gasteiger partial charge in [-0.15, -0.1) is 0 Å². The Balaban J connectivity index is 1.81. The van der Waals surface area contributed by atoms with E-state index < -0.39 is 0 Å². The molecule has 1 atom stereocenters. The van der Waals surface area contributed by atoms with Gasteiger partial charge < -0.3 is 9.64 Å². The van der Waals surface area contributed by atoms with Crippen LogP contribution in [0, 0.1) is 0 Å². The summed E-state index contributed by atoms with van der Waals surface area (Å²) in [6, 6.07) is 14.6. The molecule has 1 aromatic heterocycles. The van der Waals surface area contributed by atoms with Crippen LogP contribution < -0.4 is 10.3 Å². The van der Waals surface area contributed by atoms with Crippen molar-refractivity contribution in [2.75, 3.05) is 20.2 Å². The molecule has 7 heteroatoms. The number of fused-ring (bicyclic) bond motifs is 1. The molecule has 1 aliphatic rings. The molecule has 0 saturated carbocycles. The standard InChI is InChI=1S/C22H23N3O3S/c1-15(20(26)24-12-5-6-13-24)29-22-23-19-11-4-3-10-18(19)21(27)25(22)16-8-7-9-17(14-16)28-2/h3-4,7-11,14-15H,5-6,12-13H2,1-2H3/t15-/m0/s1. The zero-order valence-electron chi connectivity index (χ0n) is 16.5. The van der Waals surface area contributed by atoms with Crippen molar-refractivity contribution in [3.8, 4) is 11.4 Å². The first kappa shape index (κ1) is 19.5. The Morgan fingerprint density at radius 3 is 2.66 bits per heavy atom. The smallest absolute Gasteiger partial charge is 0.266 e. The fraction of sp³-hybridized carbons (Fsp3) is 0.318. The van der Waals surface area contributed by atoms with Gasteiger partial charge in [-0.25, -0.2) is 4.98 Å². The molecular weight excluding hydrogens is 386 g/mol. The topological polar surface area (TPSA) is 64.4 Å². The van der Waals surface area contributed by atoms with Crippen LogP contribution in [0.2, 0.25) is 0 Å². The third-order valence-electron chi connectivity index (χ3n) is 5.10. The van der Waals surface area contributed by atoms with Gasteiger partial charge in [0.05, 0.1) is 29.0 Å². The number of rotatable bonds is 5. The van der Waals surface area contributed by atoms with Crippen LogP contribution in [0.1, 0.15) is 19.8 Å². The number of ether oxygens (including phenoxy) is 1. The summed E-state index contributed by atoms with van der Waals surface area (Å²) < 4.78 is 6.90. The maximum absolute atomic E-state index is 13.3. The van der Waals surface area contributed by atoms with Crippen molar-refractivity contribution in [3.63, 3.8) is 0 Å². The fourth-order valence-corrected chi connectivity index (χ4v) is 4.58. The molecule has 1 saturated heterocycles. The van der Waals surface area contributed by atoms with Gasteiger partial charge in [-0.3, -0.25) is 14.2 Å². The summed E-state index contributed by atoms with van der Waals surface area (Å²) in [6.07, 6.45) is 2.09. The highest BCUT2D eigenvalue weighted by Gasteiger charge is 2.26. The third-order valence-corrected chi connectivity index (χ3v) is 6.14. The van der Waals surface area contributed by atoms with E-state index in [4.69, 9.17) is 9.72 Å². The number of carbonyl (C=O) groups excluding carboxylic acids is 1. The third kappa shape index (κ3) is 3.87. The highest BCUT2D eigenvalue weighted by molar-refractivity contribution is 8.00. The molecule has 0 spiro atoms. The molecule has 1 amide bonds. The number of carbonyl (C=O) groups is 1. The quantitative estimate of drug-likeness (QED) is 0.477. The van der Waals surface area contributed by atoms with E-state index in [1.165, 1.54) is 11.8 Å². The first-order chi connectivity index (χ1) is 14.1. The molecule has 2 heterocycles. The highest BCUT2D eigenvalue weighted by Crippen LogP contribution is 2.28. The van der Waals surface area contributed by atoms with Crippen LogP contribution >= 0.6 is 11.8 Å². The lowest BCUT2D eigenvalue weighted by Gasteiger charge is -2.21. The van der Waals surface area contributed by atoms with E-state index in [1.54, 1.807) is 23.8 Å². The van der Waals surface area contributed by atoms with Crippen LogP contribution in [0.25, 0.3) is 16.6 Å². The second-order valence-electron chi connectivity index (χ2n) is 7.05. The Hall–Kier alpha value is -2.80. The Labute approximate surface area is 173 Å². The summed E-state index contributed by atoms with van der Waals surface area (Å²) >= 11 is 1.32. The molecule has 0 aliphatic carbocycles. The summed E-state index contributed by atoms with van der Waals surface area (Å²) in [5, 5.41) is 0.707. The maximum Gasteiger partial charge on any atom is 0.266 e. The van der Waals surface area contributed by atoms with Gasteiger partial charge in [-0.1, -0.05) is 30.0 Å². The van der Waals surface area contributed by atoms with Gasteiger partial charge in [0.2, 0.25) is 5.91 Å². The van der Waals surface area contributed by atoms with Gasteiger partial charge in [-0.05, 0) is 44.0 Å². The van der Waals surface area contributed by atoms with Crippen LogP contribution in [-0.4, -0.2) is 45.8 Å². The lowest BCUT2D eigenvalue weighted by molar-refractivity contribution is -0.129. The molecule has 150 valence electrons. The minimum atomic E-state index is -0.335. The molecule has 4 rings (SSSR count). The second-order valence-corrected chi connectivity index (χ2v) is 8.35. The number of amides is 1. The Morgan fingerprint density at radius 2 is 1.90 bits per heavy atom. The van der Waals surface area contributed by atoms with Crippen molar-refractivity contribution >= 4 is 28.6 Å². The molecule has 6 nitrogen and oxygen atoms in total. The second kappa shape index (κ2) is 8.29. The summed E-state index contributed by atoms with van der Waals surface area (Å²) in [6.45, 7) is 3.48. The van der Waals surface area contributed by atoms with Crippen molar-refractivity contribution in [2.45, 2.75) is 30.2 Å². The summed E-state index contributed by atoms with van der Waals surface area (Å²) in [7, 11) is 1.59. The highest BCUT2D eigenvalue weighted by atomic mass is 32.2. The first-order valence-corrected chi connectivity index (χ1v) is 10.6. The average Bonchev–Trinajstić information content (AvgIpc) is 3.28. The van der Waals surface area contributed by atoms with E-state index in [0.29, 0.717) is 27.5 Å². The minimum Gasteiger partial charge on any atom is -0.497 e. The number of likely N-dealkylation sites (tertiary alicyclic amines) is 1. The van der Waals surface area contributed by atoms with Gasteiger partial charge >= 0.3 is 0 Å². The number of hydrogen-bond acceptors (Lipinski definition) is 5. The van der Waals surface area contributed by atoms with Crippen molar-refractivity contribution in [2.24, 2.45) is 0 Å². The first-order valence-electron chi connectivity index (χ1n) is 9.70. The predicted molar refractivity (Wildman–Crippen MR) is 115 cm³/mol. The zero-order valence-corrected chi connectivity index (χ0v) is 17.3. The number of benzene rings is 2. The number of nitrogens with zero attached hydrogens (tertiary/aromatic N) is 3. The molecule has 3 aromatic rings. The van der Waals surface area contributed by atoms with E-state index in [0.717, 1.165) is 25.9 Å². The van der Waals surface area contributed by atoms with E-state index in [-0.39, 0.29) is 16.7 Å². The SMILES string of the molecule is COc1cccc(-n2c(S[C@@H](C)C(=O)N3CCCC3)nc3ccccc3c2=O)c1. The number of methoxy groups -OCH3 is 1. The van der Waals surface area contributed by atoms with E-state index in [2.05, 4.69) is 0 Å². The van der Waals surface area contributed by atoms with Crippen LogP contribution in [0.5, 0.6) is 5.75 Å². The predicted octanol–water partition coefficient (Wildman–Crippen LogP) is 3.50. The summed E-state index contributed by atoms with van der Waals surface area (Å²) in [5.74, 6) is 0.742. The van der Waals surface area contributed by atoms with Gasteiger partial charge in [0, 0.05) is 19.2 Å². The van der Waals surface area contributed by atoms with Gasteiger partial charge in [0.1, 0.15) is 5.75 Å². The van der Waals surface area contributed by atoms with E-state index in [1.807, 2.05) is 48.2 Å². The van der Waals surface area contributed by atoms with Gasteiger partial charge in [0.15, 0.2) is 5.16 Å². The largest absolute Gasteiger partial charge is 0.497 e. The molecule has 0 N–H and O–H groups in total. The Kier molecular flexibility index (Phi) is 5.58. The van der Waals surface area contributed by atoms with Crippen molar-refractivity contribution in [3.05, 3.63) is 58.9 Å². The average molecular weight is 410 g/mol. The fourth-order valence-electron chi connectivity index (χ4n) is 3.57. The van der Waals surface area contributed by atoms with Crippen molar-refractivity contribution < 1.29 is 9.53 Å². The van der Waals surface area contributed by atoms with E-state index in [9.17, 15) is 9.59 Å². The normalized spacial score (nSPS) is 14.9. The lowest BCUT2D eigenvalue weighted by Crippen LogP contribution is -2.34. The van der Waals surface area contributed by atoms with Crippen LogP contribution in [-0.2, 0) is 4.79 Å². The summed E-state index contributed by atoms with van der Waals surface area (Å²) in [5.41, 5.74) is 1.13. The number of thioether (sulfide) groups is 1. The monoisotopic (exact) mass is 409 g/mol. The number of hydrogen-bond donors (Lipinski definition) is 0. The van der Waals surface area contributed by atoms with Crippen LogP contribution in [0.4, 0.5) is 0 Å². The van der Waals surface area contributed by atoms with Crippen molar-refractivity contribution in [1.82, 2.24) is 14.5 Å². The molecular formula is C22H23N3O3S. The van der Waals surface area contributed by atoms with E-state index >= 15 is 0 Å². The minimum absolute atomic E-state index is 0.0899. The maximum atomic E-state index is 13.3. The summed E-state index contributed by atoms with van der Waals surface area (Å²) in [4.78, 5) is 32.8. The molecule has 1 aliphatic heterocycles. The molecule has 0 bridgehead atoms. The van der Waals surface area contributed by atoms with Gasteiger partial charge in [-0.2, -0.15) is 0 Å². The zero-order chi connectivity index (χ0) is 20.4. The molecule has 1 fully saturated rings. The Bertz CT molecular complexity index is 1110. The van der Waals surface area contributed by atoms with Crippen LogP contribution in [0.15, 0.2) is 58.5 Å². The molecule has 0 radical (unpaired) electrons. The van der Waals surface area contributed by atoms with Gasteiger partial charge in [0.25, 0.3) is 5.56 Å². The van der Waals surface area contributed by atoms with Crippen molar-refractivity contribution in [1.29, 1.82) is 0 Å². The number of aromatic nitrogens is 2. The van der Waals surface area contributed by atoms with Crippen LogP contribution in [0.3, 0.4) is 0 Å². The lowest BCUT2D eigenvalue weighted by atomic mass is 10.2. The molecule has 29 heavy (non-hydrogen) atoms. The molecule has 0 unspecified atom stereocenters. The molecule has 2 aromatic carbocycles.